The zero-order valence-corrected chi connectivity index (χ0v) is 9.22. The zero-order chi connectivity index (χ0) is 10.3. The van der Waals surface area contributed by atoms with Crippen LogP contribution in [-0.4, -0.2) is 15.0 Å². The largest absolute Gasteiger partial charge is 0.375 e. The minimum atomic E-state index is -0.0348. The fraction of sp³-hybridized carbons (Fsp3) is 0.444. The fourth-order valence-corrected chi connectivity index (χ4v) is 1.79. The summed E-state index contributed by atoms with van der Waals surface area (Å²) >= 11 is 1.40. The molecule has 0 aromatic carbocycles. The molecule has 0 aliphatic rings. The summed E-state index contributed by atoms with van der Waals surface area (Å²) in [6.07, 6.45) is 1.73. The topological polar surface area (TPSA) is 64.7 Å². The molecular weight excluding hydrogens is 196 g/mol. The molecular formula is C9H12N4S. The van der Waals surface area contributed by atoms with E-state index < -0.39 is 0 Å². The minimum Gasteiger partial charge on any atom is -0.375 e. The maximum Gasteiger partial charge on any atom is 0.182 e. The minimum absolute atomic E-state index is 0.0348. The SMILES string of the molecule is CC(C)(C)c1ncc2nc(N)sc2n1. The van der Waals surface area contributed by atoms with E-state index in [4.69, 9.17) is 5.73 Å². The number of aromatic nitrogens is 3. The number of thiazole rings is 1. The average molecular weight is 208 g/mol. The third-order valence-corrected chi connectivity index (χ3v) is 2.63. The van der Waals surface area contributed by atoms with Gasteiger partial charge in [-0.2, -0.15) is 0 Å². The summed E-state index contributed by atoms with van der Waals surface area (Å²) in [5.41, 5.74) is 6.33. The molecule has 0 bridgehead atoms. The number of fused-ring (bicyclic) bond motifs is 1. The Kier molecular flexibility index (Phi) is 1.92. The fourth-order valence-electron chi connectivity index (χ4n) is 1.11. The van der Waals surface area contributed by atoms with E-state index in [1.807, 2.05) is 0 Å². The van der Waals surface area contributed by atoms with Crippen LogP contribution in [0.3, 0.4) is 0 Å². The van der Waals surface area contributed by atoms with Gasteiger partial charge >= 0.3 is 0 Å². The smallest absolute Gasteiger partial charge is 0.182 e. The van der Waals surface area contributed by atoms with Crippen molar-refractivity contribution in [1.82, 2.24) is 15.0 Å². The van der Waals surface area contributed by atoms with E-state index in [1.165, 1.54) is 11.3 Å². The van der Waals surface area contributed by atoms with Gasteiger partial charge in [0.2, 0.25) is 0 Å². The third kappa shape index (κ3) is 1.55. The Bertz CT molecular complexity index is 469. The number of rotatable bonds is 0. The molecule has 0 radical (unpaired) electrons. The van der Waals surface area contributed by atoms with Gasteiger partial charge in [-0.05, 0) is 0 Å². The van der Waals surface area contributed by atoms with Gasteiger partial charge in [-0.3, -0.25) is 0 Å². The number of hydrogen-bond acceptors (Lipinski definition) is 5. The summed E-state index contributed by atoms with van der Waals surface area (Å²) in [6, 6.07) is 0. The highest BCUT2D eigenvalue weighted by Gasteiger charge is 2.18. The highest BCUT2D eigenvalue weighted by molar-refractivity contribution is 7.21. The summed E-state index contributed by atoms with van der Waals surface area (Å²) in [5, 5.41) is 0.542. The molecule has 14 heavy (non-hydrogen) atoms. The van der Waals surface area contributed by atoms with Crippen molar-refractivity contribution >= 4 is 26.8 Å². The van der Waals surface area contributed by atoms with Gasteiger partial charge in [0.1, 0.15) is 16.2 Å². The lowest BCUT2D eigenvalue weighted by Crippen LogP contribution is -2.15. The molecule has 0 spiro atoms. The first-order valence-electron chi connectivity index (χ1n) is 4.36. The van der Waals surface area contributed by atoms with Gasteiger partial charge in [0.15, 0.2) is 5.13 Å². The number of nitrogen functional groups attached to an aromatic ring is 1. The lowest BCUT2D eigenvalue weighted by Gasteiger charge is -2.15. The molecule has 0 amide bonds. The van der Waals surface area contributed by atoms with Crippen molar-refractivity contribution < 1.29 is 0 Å². The second-order valence-corrected chi connectivity index (χ2v) is 5.20. The van der Waals surface area contributed by atoms with Crippen LogP contribution < -0.4 is 5.73 Å². The lowest BCUT2D eigenvalue weighted by atomic mass is 9.96. The highest BCUT2D eigenvalue weighted by atomic mass is 32.1. The maximum absolute atomic E-state index is 5.59. The van der Waals surface area contributed by atoms with Crippen molar-refractivity contribution in [2.24, 2.45) is 0 Å². The van der Waals surface area contributed by atoms with Crippen LogP contribution in [0.2, 0.25) is 0 Å². The third-order valence-electron chi connectivity index (χ3n) is 1.84. The molecule has 0 aliphatic carbocycles. The molecule has 0 aliphatic heterocycles. The first-order valence-corrected chi connectivity index (χ1v) is 5.18. The van der Waals surface area contributed by atoms with E-state index in [9.17, 15) is 0 Å². The molecule has 0 unspecified atom stereocenters. The van der Waals surface area contributed by atoms with Crippen molar-refractivity contribution in [3.05, 3.63) is 12.0 Å². The number of hydrogen-bond donors (Lipinski definition) is 1. The normalized spacial score (nSPS) is 12.2. The van der Waals surface area contributed by atoms with Gasteiger partial charge in [-0.25, -0.2) is 15.0 Å². The summed E-state index contributed by atoms with van der Waals surface area (Å²) in [4.78, 5) is 13.7. The number of nitrogens with two attached hydrogens (primary N) is 1. The van der Waals surface area contributed by atoms with Crippen molar-refractivity contribution in [2.45, 2.75) is 26.2 Å². The molecule has 0 atom stereocenters. The van der Waals surface area contributed by atoms with E-state index in [0.29, 0.717) is 5.13 Å². The summed E-state index contributed by atoms with van der Waals surface area (Å²) in [7, 11) is 0. The van der Waals surface area contributed by atoms with E-state index >= 15 is 0 Å². The second kappa shape index (κ2) is 2.88. The van der Waals surface area contributed by atoms with E-state index in [1.54, 1.807) is 6.20 Å². The Morgan fingerprint density at radius 2 is 2.00 bits per heavy atom. The van der Waals surface area contributed by atoms with Crippen LogP contribution >= 0.6 is 11.3 Å². The zero-order valence-electron chi connectivity index (χ0n) is 8.40. The quantitative estimate of drug-likeness (QED) is 0.718. The van der Waals surface area contributed by atoms with Gasteiger partial charge in [0.05, 0.1) is 6.20 Å². The molecule has 0 fully saturated rings. The standard InChI is InChI=1S/C9H12N4S/c1-9(2,3)7-11-4-5-6(13-7)14-8(10)12-5/h4H,1-3H3,(H2,10,12). The van der Waals surface area contributed by atoms with E-state index in [2.05, 4.69) is 35.7 Å². The van der Waals surface area contributed by atoms with Gasteiger partial charge in [-0.15, -0.1) is 0 Å². The molecule has 2 heterocycles. The Hall–Kier alpha value is -1.23. The van der Waals surface area contributed by atoms with Gasteiger partial charge in [0.25, 0.3) is 0 Å². The summed E-state index contributed by atoms with van der Waals surface area (Å²) < 4.78 is 0. The molecule has 2 rings (SSSR count). The van der Waals surface area contributed by atoms with Gasteiger partial charge < -0.3 is 5.73 Å². The lowest BCUT2D eigenvalue weighted by molar-refractivity contribution is 0.548. The predicted octanol–water partition coefficient (Wildman–Crippen LogP) is 1.97. The Labute approximate surface area is 86.2 Å². The number of anilines is 1. The molecule has 0 saturated carbocycles. The Morgan fingerprint density at radius 1 is 1.29 bits per heavy atom. The van der Waals surface area contributed by atoms with Crippen molar-refractivity contribution in [1.29, 1.82) is 0 Å². The molecule has 74 valence electrons. The predicted molar refractivity (Wildman–Crippen MR) is 58.3 cm³/mol. The van der Waals surface area contributed by atoms with Crippen LogP contribution in [0.15, 0.2) is 6.20 Å². The molecule has 4 nitrogen and oxygen atoms in total. The summed E-state index contributed by atoms with van der Waals surface area (Å²) in [5.74, 6) is 0.827. The highest BCUT2D eigenvalue weighted by Crippen LogP contribution is 2.24. The Balaban J connectivity index is 2.62. The van der Waals surface area contributed by atoms with Crippen LogP contribution in [0.4, 0.5) is 5.13 Å². The van der Waals surface area contributed by atoms with Crippen molar-refractivity contribution in [2.75, 3.05) is 5.73 Å². The van der Waals surface area contributed by atoms with Crippen LogP contribution in [-0.2, 0) is 5.41 Å². The molecule has 5 heteroatoms. The van der Waals surface area contributed by atoms with Crippen LogP contribution in [0, 0.1) is 0 Å². The molecule has 2 aromatic heterocycles. The Morgan fingerprint density at radius 3 is 2.64 bits per heavy atom. The maximum atomic E-state index is 5.59. The van der Waals surface area contributed by atoms with E-state index in [0.717, 1.165) is 16.2 Å². The summed E-state index contributed by atoms with van der Waals surface area (Å²) in [6.45, 7) is 6.25. The van der Waals surface area contributed by atoms with Crippen molar-refractivity contribution in [3.8, 4) is 0 Å². The van der Waals surface area contributed by atoms with Crippen molar-refractivity contribution in [3.63, 3.8) is 0 Å². The van der Waals surface area contributed by atoms with Crippen LogP contribution in [0.5, 0.6) is 0 Å². The molecule has 2 aromatic rings. The second-order valence-electron chi connectivity index (χ2n) is 4.19. The monoisotopic (exact) mass is 208 g/mol. The molecule has 2 N–H and O–H groups in total. The van der Waals surface area contributed by atoms with Gasteiger partial charge in [0, 0.05) is 5.41 Å². The van der Waals surface area contributed by atoms with Crippen LogP contribution in [0.25, 0.3) is 10.3 Å². The average Bonchev–Trinajstić information content (AvgIpc) is 2.41. The van der Waals surface area contributed by atoms with Crippen LogP contribution in [0.1, 0.15) is 26.6 Å². The molecule has 0 saturated heterocycles. The van der Waals surface area contributed by atoms with Gasteiger partial charge in [-0.1, -0.05) is 32.1 Å². The number of nitrogens with zero attached hydrogens (tertiary/aromatic N) is 3. The van der Waals surface area contributed by atoms with E-state index in [-0.39, 0.29) is 5.41 Å². The first kappa shape index (κ1) is 9.33. The first-order chi connectivity index (χ1) is 6.47.